The van der Waals surface area contributed by atoms with Gasteiger partial charge in [-0.25, -0.2) is 0 Å². The molecule has 0 aliphatic heterocycles. The van der Waals surface area contributed by atoms with E-state index in [1.807, 2.05) is 21.0 Å². The van der Waals surface area contributed by atoms with Gasteiger partial charge >= 0.3 is 0 Å². The molecule has 0 aliphatic carbocycles. The van der Waals surface area contributed by atoms with Gasteiger partial charge < -0.3 is 10.6 Å². The van der Waals surface area contributed by atoms with Gasteiger partial charge in [-0.1, -0.05) is 6.92 Å². The van der Waals surface area contributed by atoms with E-state index in [0.29, 0.717) is 12.1 Å². The number of Topliss-reactive ketones (excluding diaryl/α,β-unsaturated/α-hetero) is 1. The van der Waals surface area contributed by atoms with Crippen LogP contribution in [0.1, 0.15) is 34.6 Å². The zero-order valence-corrected chi connectivity index (χ0v) is 12.4. The van der Waals surface area contributed by atoms with E-state index in [1.54, 1.807) is 6.92 Å². The van der Waals surface area contributed by atoms with Gasteiger partial charge in [-0.3, -0.25) is 9.69 Å². The van der Waals surface area contributed by atoms with Crippen molar-refractivity contribution in [3.63, 3.8) is 0 Å². The lowest BCUT2D eigenvalue weighted by Gasteiger charge is -2.39. The summed E-state index contributed by atoms with van der Waals surface area (Å²) in [5, 5.41) is 6.46. The molecule has 17 heavy (non-hydrogen) atoms. The van der Waals surface area contributed by atoms with Crippen molar-refractivity contribution in [2.24, 2.45) is 5.92 Å². The van der Waals surface area contributed by atoms with Crippen LogP contribution in [-0.4, -0.2) is 49.6 Å². The molecule has 4 atom stereocenters. The van der Waals surface area contributed by atoms with Gasteiger partial charge in [-0.2, -0.15) is 0 Å². The molecule has 0 bridgehead atoms. The molecule has 0 rings (SSSR count). The zero-order chi connectivity index (χ0) is 13.6. The standard InChI is InChI=1S/C13H29N3O/c1-9(13(5)17)11(3)16(8-14-6)12(4)10(2)15-7/h9-12,14-15H,8H2,1-7H3. The first-order valence-corrected chi connectivity index (χ1v) is 6.44. The lowest BCUT2D eigenvalue weighted by Crippen LogP contribution is -2.54. The Balaban J connectivity index is 4.76. The highest BCUT2D eigenvalue weighted by molar-refractivity contribution is 5.78. The van der Waals surface area contributed by atoms with Gasteiger partial charge in [-0.15, -0.1) is 0 Å². The average Bonchev–Trinajstić information content (AvgIpc) is 2.32. The second-order valence-corrected chi connectivity index (χ2v) is 4.98. The molecule has 0 aromatic rings. The fourth-order valence-corrected chi connectivity index (χ4v) is 2.00. The van der Waals surface area contributed by atoms with Crippen LogP contribution >= 0.6 is 0 Å². The smallest absolute Gasteiger partial charge is 0.134 e. The van der Waals surface area contributed by atoms with Gasteiger partial charge in [-0.05, 0) is 41.8 Å². The molecule has 0 amide bonds. The number of hydrogen-bond acceptors (Lipinski definition) is 4. The van der Waals surface area contributed by atoms with Gasteiger partial charge in [0.15, 0.2) is 0 Å². The van der Waals surface area contributed by atoms with E-state index in [9.17, 15) is 4.79 Å². The van der Waals surface area contributed by atoms with Crippen LogP contribution in [0.3, 0.4) is 0 Å². The van der Waals surface area contributed by atoms with Crippen molar-refractivity contribution in [3.05, 3.63) is 0 Å². The Kier molecular flexibility index (Phi) is 7.59. The molecule has 0 heterocycles. The molecule has 0 radical (unpaired) electrons. The molecule has 4 nitrogen and oxygen atoms in total. The minimum Gasteiger partial charge on any atom is -0.316 e. The summed E-state index contributed by atoms with van der Waals surface area (Å²) in [4.78, 5) is 13.8. The van der Waals surface area contributed by atoms with Crippen molar-refractivity contribution in [2.75, 3.05) is 20.8 Å². The van der Waals surface area contributed by atoms with Crippen LogP contribution in [0, 0.1) is 5.92 Å². The summed E-state index contributed by atoms with van der Waals surface area (Å²) in [6, 6.07) is 1.01. The third kappa shape index (κ3) is 4.74. The van der Waals surface area contributed by atoms with Crippen LogP contribution < -0.4 is 10.6 Å². The highest BCUT2D eigenvalue weighted by atomic mass is 16.1. The van der Waals surface area contributed by atoms with E-state index in [-0.39, 0.29) is 17.7 Å². The number of carbonyl (C=O) groups excluding carboxylic acids is 1. The van der Waals surface area contributed by atoms with Crippen molar-refractivity contribution < 1.29 is 4.79 Å². The number of likely N-dealkylation sites (N-methyl/N-ethyl adjacent to an activating group) is 1. The summed E-state index contributed by atoms with van der Waals surface area (Å²) in [6.45, 7) is 11.0. The van der Waals surface area contributed by atoms with Crippen LogP contribution in [0.15, 0.2) is 0 Å². The Morgan fingerprint density at radius 1 is 1.12 bits per heavy atom. The normalized spacial score (nSPS) is 18.8. The third-order valence-electron chi connectivity index (χ3n) is 3.93. The highest BCUT2D eigenvalue weighted by Gasteiger charge is 2.28. The fraction of sp³-hybridized carbons (Fsp3) is 0.923. The molecule has 0 aliphatic rings. The van der Waals surface area contributed by atoms with Crippen LogP contribution in [0.25, 0.3) is 0 Å². The van der Waals surface area contributed by atoms with Crippen LogP contribution in [-0.2, 0) is 4.79 Å². The van der Waals surface area contributed by atoms with Crippen molar-refractivity contribution in [2.45, 2.75) is 52.7 Å². The molecule has 0 aromatic heterocycles. The lowest BCUT2D eigenvalue weighted by atomic mass is 9.96. The Hall–Kier alpha value is -0.450. The Morgan fingerprint density at radius 3 is 2.00 bits per heavy atom. The molecule has 4 unspecified atom stereocenters. The van der Waals surface area contributed by atoms with E-state index in [0.717, 1.165) is 6.67 Å². The highest BCUT2D eigenvalue weighted by Crippen LogP contribution is 2.16. The van der Waals surface area contributed by atoms with Crippen LogP contribution in [0.4, 0.5) is 0 Å². The summed E-state index contributed by atoms with van der Waals surface area (Å²) in [5.74, 6) is 0.317. The molecular weight excluding hydrogens is 214 g/mol. The Labute approximate surface area is 106 Å². The molecule has 2 N–H and O–H groups in total. The first-order chi connectivity index (χ1) is 7.86. The summed E-state index contributed by atoms with van der Waals surface area (Å²) in [6.07, 6.45) is 0. The maximum Gasteiger partial charge on any atom is 0.134 e. The van der Waals surface area contributed by atoms with Crippen molar-refractivity contribution >= 4 is 5.78 Å². The molecular formula is C13H29N3O. The second kappa shape index (κ2) is 7.80. The largest absolute Gasteiger partial charge is 0.316 e. The monoisotopic (exact) mass is 243 g/mol. The Morgan fingerprint density at radius 2 is 1.65 bits per heavy atom. The molecule has 0 saturated carbocycles. The predicted molar refractivity (Wildman–Crippen MR) is 73.1 cm³/mol. The van der Waals surface area contributed by atoms with E-state index in [1.165, 1.54) is 0 Å². The van der Waals surface area contributed by atoms with Gasteiger partial charge in [0.1, 0.15) is 5.78 Å². The maximum atomic E-state index is 11.5. The number of nitrogens with one attached hydrogen (secondary N) is 2. The second-order valence-electron chi connectivity index (χ2n) is 4.98. The molecule has 4 heteroatoms. The number of nitrogens with zero attached hydrogens (tertiary/aromatic N) is 1. The topological polar surface area (TPSA) is 44.4 Å². The number of ketones is 1. The number of rotatable bonds is 8. The summed E-state index contributed by atoms with van der Waals surface area (Å²) in [5.41, 5.74) is 0. The summed E-state index contributed by atoms with van der Waals surface area (Å²) >= 11 is 0. The Bertz CT molecular complexity index is 233. The zero-order valence-electron chi connectivity index (χ0n) is 12.4. The van der Waals surface area contributed by atoms with Gasteiger partial charge in [0.05, 0.1) is 0 Å². The van der Waals surface area contributed by atoms with E-state index in [4.69, 9.17) is 0 Å². The van der Waals surface area contributed by atoms with E-state index < -0.39 is 0 Å². The number of carbonyl (C=O) groups is 1. The maximum absolute atomic E-state index is 11.5. The summed E-state index contributed by atoms with van der Waals surface area (Å²) < 4.78 is 0. The fourth-order valence-electron chi connectivity index (χ4n) is 2.00. The number of hydrogen-bond donors (Lipinski definition) is 2. The average molecular weight is 243 g/mol. The lowest BCUT2D eigenvalue weighted by molar-refractivity contribution is -0.122. The minimum absolute atomic E-state index is 0.0647. The SMILES string of the molecule is CNCN(C(C)C(C)NC)C(C)C(C)C(C)=O. The van der Waals surface area contributed by atoms with Crippen molar-refractivity contribution in [1.82, 2.24) is 15.5 Å². The predicted octanol–water partition coefficient (Wildman–Crippen LogP) is 1.08. The van der Waals surface area contributed by atoms with Gasteiger partial charge in [0.25, 0.3) is 0 Å². The molecule has 0 saturated heterocycles. The van der Waals surface area contributed by atoms with Gasteiger partial charge in [0.2, 0.25) is 0 Å². The molecule has 0 fully saturated rings. The third-order valence-corrected chi connectivity index (χ3v) is 3.93. The minimum atomic E-state index is 0.0647. The van der Waals surface area contributed by atoms with Crippen molar-refractivity contribution in [3.8, 4) is 0 Å². The van der Waals surface area contributed by atoms with Crippen LogP contribution in [0.5, 0.6) is 0 Å². The molecule has 0 aromatic carbocycles. The first kappa shape index (κ1) is 16.6. The van der Waals surface area contributed by atoms with Gasteiger partial charge in [0, 0.05) is 30.7 Å². The van der Waals surface area contributed by atoms with Crippen molar-refractivity contribution in [1.29, 1.82) is 0 Å². The van der Waals surface area contributed by atoms with Crippen LogP contribution in [0.2, 0.25) is 0 Å². The first-order valence-electron chi connectivity index (χ1n) is 6.44. The molecule has 102 valence electrons. The van der Waals surface area contributed by atoms with E-state index >= 15 is 0 Å². The van der Waals surface area contributed by atoms with E-state index in [2.05, 4.69) is 36.3 Å². The quantitative estimate of drug-likeness (QED) is 0.626. The summed E-state index contributed by atoms with van der Waals surface area (Å²) in [7, 11) is 3.91. The molecule has 0 spiro atoms.